The minimum atomic E-state index is 0.108. The molecule has 1 fully saturated rings. The average Bonchev–Trinajstić information content (AvgIpc) is 2.64. The van der Waals surface area contributed by atoms with Gasteiger partial charge in [0.2, 0.25) is 5.91 Å². The van der Waals surface area contributed by atoms with Crippen molar-refractivity contribution < 1.29 is 9.53 Å². The third-order valence-corrected chi connectivity index (χ3v) is 4.42. The molecule has 24 heavy (non-hydrogen) atoms. The van der Waals surface area contributed by atoms with E-state index in [0.717, 1.165) is 43.9 Å². The van der Waals surface area contributed by atoms with Crippen LogP contribution in [-0.2, 0) is 4.79 Å². The monoisotopic (exact) mass is 324 g/mol. The second-order valence-corrected chi connectivity index (χ2v) is 6.13. The van der Waals surface area contributed by atoms with Gasteiger partial charge in [0.15, 0.2) is 0 Å². The number of benzene rings is 2. The van der Waals surface area contributed by atoms with Gasteiger partial charge in [-0.15, -0.1) is 0 Å². The van der Waals surface area contributed by atoms with Gasteiger partial charge in [-0.05, 0) is 50.2 Å². The number of nitrogens with zero attached hydrogens (tertiary/aromatic N) is 1. The predicted molar refractivity (Wildman–Crippen MR) is 96.2 cm³/mol. The summed E-state index contributed by atoms with van der Waals surface area (Å²) in [7, 11) is 0. The fraction of sp³-hybridized carbons (Fsp3) is 0.350. The number of hydrogen-bond donors (Lipinski definition) is 1. The van der Waals surface area contributed by atoms with Crippen LogP contribution in [0.3, 0.4) is 0 Å². The zero-order valence-corrected chi connectivity index (χ0v) is 13.9. The van der Waals surface area contributed by atoms with E-state index in [9.17, 15) is 4.79 Å². The van der Waals surface area contributed by atoms with Crippen LogP contribution in [0.5, 0.6) is 5.75 Å². The molecule has 126 valence electrons. The number of piperidine rings is 1. The van der Waals surface area contributed by atoms with Gasteiger partial charge in [-0.25, -0.2) is 0 Å². The van der Waals surface area contributed by atoms with Gasteiger partial charge in [-0.3, -0.25) is 9.69 Å². The molecular formula is C20H24N2O2. The van der Waals surface area contributed by atoms with E-state index >= 15 is 0 Å². The largest absolute Gasteiger partial charge is 0.492 e. The molecule has 0 spiro atoms. The van der Waals surface area contributed by atoms with Gasteiger partial charge in [-0.1, -0.05) is 36.4 Å². The van der Waals surface area contributed by atoms with Crippen LogP contribution in [0.2, 0.25) is 0 Å². The summed E-state index contributed by atoms with van der Waals surface area (Å²) in [6.45, 7) is 3.49. The van der Waals surface area contributed by atoms with Crippen molar-refractivity contribution in [1.82, 2.24) is 4.90 Å². The lowest BCUT2D eigenvalue weighted by molar-refractivity contribution is -0.121. The lowest BCUT2D eigenvalue weighted by Gasteiger charge is -2.31. The van der Waals surface area contributed by atoms with Gasteiger partial charge in [0.1, 0.15) is 12.4 Å². The minimum absolute atomic E-state index is 0.108. The Morgan fingerprint density at radius 2 is 1.62 bits per heavy atom. The van der Waals surface area contributed by atoms with Crippen molar-refractivity contribution in [2.24, 2.45) is 5.92 Å². The molecule has 3 rings (SSSR count). The van der Waals surface area contributed by atoms with Crippen LogP contribution in [-0.4, -0.2) is 37.0 Å². The maximum Gasteiger partial charge on any atom is 0.227 e. The number of nitrogens with one attached hydrogen (secondary N) is 1. The zero-order valence-electron chi connectivity index (χ0n) is 13.9. The molecule has 1 heterocycles. The molecule has 0 aromatic heterocycles. The van der Waals surface area contributed by atoms with E-state index in [4.69, 9.17) is 4.74 Å². The molecule has 1 N–H and O–H groups in total. The Morgan fingerprint density at radius 1 is 1.00 bits per heavy atom. The molecule has 2 aromatic rings. The highest BCUT2D eigenvalue weighted by atomic mass is 16.5. The van der Waals surface area contributed by atoms with E-state index in [0.29, 0.717) is 6.61 Å². The van der Waals surface area contributed by atoms with E-state index in [-0.39, 0.29) is 11.8 Å². The van der Waals surface area contributed by atoms with E-state index < -0.39 is 0 Å². The van der Waals surface area contributed by atoms with Gasteiger partial charge >= 0.3 is 0 Å². The van der Waals surface area contributed by atoms with Crippen molar-refractivity contribution in [2.75, 3.05) is 31.6 Å². The summed E-state index contributed by atoms with van der Waals surface area (Å²) >= 11 is 0. The summed E-state index contributed by atoms with van der Waals surface area (Å²) in [4.78, 5) is 14.7. The number of amides is 1. The summed E-state index contributed by atoms with van der Waals surface area (Å²) in [5, 5.41) is 3.01. The first-order valence-corrected chi connectivity index (χ1v) is 8.57. The minimum Gasteiger partial charge on any atom is -0.492 e. The fourth-order valence-electron chi connectivity index (χ4n) is 2.99. The molecule has 0 aliphatic carbocycles. The number of ether oxygens (including phenoxy) is 1. The van der Waals surface area contributed by atoms with Gasteiger partial charge in [-0.2, -0.15) is 0 Å². The molecule has 0 radical (unpaired) electrons. The van der Waals surface area contributed by atoms with Crippen LogP contribution in [0, 0.1) is 5.92 Å². The molecule has 0 atom stereocenters. The quantitative estimate of drug-likeness (QED) is 0.885. The van der Waals surface area contributed by atoms with Crippen molar-refractivity contribution in [1.29, 1.82) is 0 Å². The Kier molecular flexibility index (Phi) is 5.85. The third-order valence-electron chi connectivity index (χ3n) is 4.42. The molecule has 1 aliphatic heterocycles. The predicted octanol–water partition coefficient (Wildman–Crippen LogP) is 3.42. The Labute approximate surface area is 143 Å². The second-order valence-electron chi connectivity index (χ2n) is 6.13. The Hall–Kier alpha value is -2.33. The van der Waals surface area contributed by atoms with Crippen molar-refractivity contribution in [2.45, 2.75) is 12.8 Å². The van der Waals surface area contributed by atoms with Crippen molar-refractivity contribution in [3.63, 3.8) is 0 Å². The van der Waals surface area contributed by atoms with Crippen molar-refractivity contribution in [3.8, 4) is 5.75 Å². The summed E-state index contributed by atoms with van der Waals surface area (Å²) in [5.41, 5.74) is 0.876. The van der Waals surface area contributed by atoms with Gasteiger partial charge in [0.25, 0.3) is 0 Å². The number of carbonyl (C=O) groups is 1. The molecule has 1 amide bonds. The van der Waals surface area contributed by atoms with Crippen LogP contribution in [0.4, 0.5) is 5.69 Å². The van der Waals surface area contributed by atoms with E-state index in [1.807, 2.05) is 60.7 Å². The fourth-order valence-corrected chi connectivity index (χ4v) is 2.99. The molecule has 4 heteroatoms. The smallest absolute Gasteiger partial charge is 0.227 e. The topological polar surface area (TPSA) is 41.6 Å². The van der Waals surface area contributed by atoms with Crippen LogP contribution in [0.15, 0.2) is 60.7 Å². The third kappa shape index (κ3) is 4.83. The standard InChI is InChI=1S/C20H24N2O2/c23-20(21-18-7-3-1-4-8-18)17-11-13-22(14-12-17)15-16-24-19-9-5-2-6-10-19/h1-10,17H,11-16H2,(H,21,23). The maximum absolute atomic E-state index is 12.3. The molecule has 0 unspecified atom stereocenters. The van der Waals surface area contributed by atoms with Crippen LogP contribution in [0.1, 0.15) is 12.8 Å². The van der Waals surface area contributed by atoms with Gasteiger partial charge < -0.3 is 10.1 Å². The first-order valence-electron chi connectivity index (χ1n) is 8.57. The zero-order chi connectivity index (χ0) is 16.6. The molecule has 2 aromatic carbocycles. The highest BCUT2D eigenvalue weighted by Gasteiger charge is 2.24. The number of para-hydroxylation sites is 2. The number of carbonyl (C=O) groups excluding carboxylic acids is 1. The van der Waals surface area contributed by atoms with Crippen LogP contribution < -0.4 is 10.1 Å². The maximum atomic E-state index is 12.3. The average molecular weight is 324 g/mol. The number of hydrogen-bond acceptors (Lipinski definition) is 3. The number of likely N-dealkylation sites (tertiary alicyclic amines) is 1. The summed E-state index contributed by atoms with van der Waals surface area (Å²) in [6.07, 6.45) is 1.81. The number of anilines is 1. The van der Waals surface area contributed by atoms with Gasteiger partial charge in [0, 0.05) is 18.2 Å². The molecule has 0 saturated carbocycles. The van der Waals surface area contributed by atoms with E-state index in [1.165, 1.54) is 0 Å². The number of rotatable bonds is 6. The molecule has 1 aliphatic rings. The molecular weight excluding hydrogens is 300 g/mol. The molecule has 0 bridgehead atoms. The summed E-state index contributed by atoms with van der Waals surface area (Å²) in [5.74, 6) is 1.16. The van der Waals surface area contributed by atoms with Gasteiger partial charge in [0.05, 0.1) is 0 Å². The Balaban J connectivity index is 1.37. The Bertz CT molecular complexity index is 623. The van der Waals surface area contributed by atoms with Crippen molar-refractivity contribution in [3.05, 3.63) is 60.7 Å². The van der Waals surface area contributed by atoms with E-state index in [1.54, 1.807) is 0 Å². The lowest BCUT2D eigenvalue weighted by Crippen LogP contribution is -2.39. The highest BCUT2D eigenvalue weighted by molar-refractivity contribution is 5.92. The second kappa shape index (κ2) is 8.50. The van der Waals surface area contributed by atoms with E-state index in [2.05, 4.69) is 10.2 Å². The highest BCUT2D eigenvalue weighted by Crippen LogP contribution is 2.19. The van der Waals surface area contributed by atoms with Crippen molar-refractivity contribution >= 4 is 11.6 Å². The SMILES string of the molecule is O=C(Nc1ccccc1)C1CCN(CCOc2ccccc2)CC1. The summed E-state index contributed by atoms with van der Waals surface area (Å²) in [6, 6.07) is 19.6. The Morgan fingerprint density at radius 3 is 2.29 bits per heavy atom. The van der Waals surface area contributed by atoms with Crippen LogP contribution in [0.25, 0.3) is 0 Å². The molecule has 4 nitrogen and oxygen atoms in total. The summed E-state index contributed by atoms with van der Waals surface area (Å²) < 4.78 is 5.74. The lowest BCUT2D eigenvalue weighted by atomic mass is 9.96. The normalized spacial score (nSPS) is 15.8. The first kappa shape index (κ1) is 16.5. The first-order chi connectivity index (χ1) is 11.8. The molecule has 1 saturated heterocycles. The van der Waals surface area contributed by atoms with Crippen LogP contribution >= 0.6 is 0 Å².